The van der Waals surface area contributed by atoms with E-state index in [1.807, 2.05) is 14.0 Å². The molecule has 4 heterocycles. The first-order valence-electron chi connectivity index (χ1n) is 8.05. The van der Waals surface area contributed by atoms with Crippen LogP contribution in [0.3, 0.4) is 0 Å². The molecule has 1 saturated heterocycles. The van der Waals surface area contributed by atoms with Gasteiger partial charge in [0.1, 0.15) is 11.6 Å². The Morgan fingerprint density at radius 3 is 2.61 bits per heavy atom. The summed E-state index contributed by atoms with van der Waals surface area (Å²) in [5.74, 6) is 2.66. The molecule has 2 aliphatic rings. The summed E-state index contributed by atoms with van der Waals surface area (Å²) in [4.78, 5) is 16.4. The number of ether oxygens (including phenoxy) is 2. The summed E-state index contributed by atoms with van der Waals surface area (Å²) in [7, 11) is 2.02. The zero-order valence-corrected chi connectivity index (χ0v) is 13.6. The Labute approximate surface area is 134 Å². The van der Waals surface area contributed by atoms with E-state index in [-0.39, 0.29) is 0 Å². The van der Waals surface area contributed by atoms with Crippen LogP contribution < -0.4 is 4.90 Å². The summed E-state index contributed by atoms with van der Waals surface area (Å²) in [6.07, 6.45) is 3.00. The Kier molecular flexibility index (Phi) is 3.74. The van der Waals surface area contributed by atoms with E-state index >= 15 is 0 Å². The maximum absolute atomic E-state index is 5.45. The van der Waals surface area contributed by atoms with Crippen molar-refractivity contribution in [3.05, 3.63) is 17.7 Å². The highest BCUT2D eigenvalue weighted by molar-refractivity contribution is 5.86. The second-order valence-corrected chi connectivity index (χ2v) is 5.91. The third-order valence-electron chi connectivity index (χ3n) is 4.37. The van der Waals surface area contributed by atoms with Crippen LogP contribution in [0.4, 0.5) is 5.82 Å². The van der Waals surface area contributed by atoms with E-state index in [0.717, 1.165) is 68.0 Å². The minimum atomic E-state index is 0.652. The van der Waals surface area contributed by atoms with Gasteiger partial charge in [0.25, 0.3) is 0 Å². The Hall–Kier alpha value is -1.99. The van der Waals surface area contributed by atoms with Crippen molar-refractivity contribution in [1.82, 2.24) is 19.5 Å². The van der Waals surface area contributed by atoms with Gasteiger partial charge >= 0.3 is 0 Å². The summed E-state index contributed by atoms with van der Waals surface area (Å²) in [5, 5.41) is 0. The molecule has 1 fully saturated rings. The zero-order valence-electron chi connectivity index (χ0n) is 13.6. The van der Waals surface area contributed by atoms with Crippen LogP contribution in [-0.4, -0.2) is 59.0 Å². The molecule has 0 aliphatic carbocycles. The van der Waals surface area contributed by atoms with Gasteiger partial charge < -0.3 is 18.9 Å². The van der Waals surface area contributed by atoms with Crippen molar-refractivity contribution in [3.63, 3.8) is 0 Å². The molecular formula is C16H21N5O2. The molecule has 0 spiro atoms. The average Bonchev–Trinajstić information content (AvgIpc) is 2.93. The van der Waals surface area contributed by atoms with Crippen molar-refractivity contribution in [2.45, 2.75) is 13.3 Å². The van der Waals surface area contributed by atoms with Gasteiger partial charge in [0.05, 0.1) is 26.4 Å². The van der Waals surface area contributed by atoms with E-state index in [1.165, 1.54) is 5.57 Å². The predicted octanol–water partition coefficient (Wildman–Crippen LogP) is 1.31. The van der Waals surface area contributed by atoms with Gasteiger partial charge in [-0.2, -0.15) is 0 Å². The molecule has 0 radical (unpaired) electrons. The van der Waals surface area contributed by atoms with Crippen LogP contribution in [0.5, 0.6) is 0 Å². The lowest BCUT2D eigenvalue weighted by Crippen LogP contribution is -2.37. The summed E-state index contributed by atoms with van der Waals surface area (Å²) in [5.41, 5.74) is 2.99. The number of anilines is 1. The van der Waals surface area contributed by atoms with Crippen LogP contribution in [-0.2, 0) is 16.5 Å². The number of imidazole rings is 1. The molecule has 4 rings (SSSR count). The predicted molar refractivity (Wildman–Crippen MR) is 87.5 cm³/mol. The van der Waals surface area contributed by atoms with Crippen LogP contribution in [0.25, 0.3) is 16.7 Å². The highest BCUT2D eigenvalue weighted by Gasteiger charge is 2.22. The smallest absolute Gasteiger partial charge is 0.165 e. The molecular weight excluding hydrogens is 294 g/mol. The molecule has 23 heavy (non-hydrogen) atoms. The highest BCUT2D eigenvalue weighted by Crippen LogP contribution is 2.28. The lowest BCUT2D eigenvalue weighted by Gasteiger charge is -2.27. The number of aryl methyl sites for hydroxylation is 2. The van der Waals surface area contributed by atoms with E-state index in [2.05, 4.69) is 25.5 Å². The number of morpholine rings is 1. The first-order valence-corrected chi connectivity index (χ1v) is 8.05. The molecule has 7 heteroatoms. The van der Waals surface area contributed by atoms with Gasteiger partial charge in [0.15, 0.2) is 17.0 Å². The van der Waals surface area contributed by atoms with Gasteiger partial charge in [-0.3, -0.25) is 0 Å². The molecule has 0 aromatic carbocycles. The fraction of sp³-hybridized carbons (Fsp3) is 0.562. The highest BCUT2D eigenvalue weighted by atomic mass is 16.5. The largest absolute Gasteiger partial charge is 0.378 e. The van der Waals surface area contributed by atoms with E-state index in [9.17, 15) is 0 Å². The molecule has 7 nitrogen and oxygen atoms in total. The van der Waals surface area contributed by atoms with Crippen LogP contribution in [0.1, 0.15) is 18.1 Å². The van der Waals surface area contributed by atoms with Gasteiger partial charge in [-0.15, -0.1) is 0 Å². The molecule has 122 valence electrons. The van der Waals surface area contributed by atoms with Gasteiger partial charge in [-0.1, -0.05) is 6.08 Å². The third kappa shape index (κ3) is 2.60. The van der Waals surface area contributed by atoms with E-state index in [4.69, 9.17) is 14.5 Å². The first kappa shape index (κ1) is 14.6. The second-order valence-electron chi connectivity index (χ2n) is 5.91. The van der Waals surface area contributed by atoms with Crippen molar-refractivity contribution in [3.8, 4) is 0 Å². The summed E-state index contributed by atoms with van der Waals surface area (Å²) >= 11 is 0. The van der Waals surface area contributed by atoms with Crippen molar-refractivity contribution in [1.29, 1.82) is 0 Å². The minimum Gasteiger partial charge on any atom is -0.378 e. The van der Waals surface area contributed by atoms with E-state index in [0.29, 0.717) is 6.61 Å². The summed E-state index contributed by atoms with van der Waals surface area (Å²) in [6, 6.07) is 0. The molecule has 0 amide bonds. The lowest BCUT2D eigenvalue weighted by molar-refractivity contribution is 0.122. The maximum atomic E-state index is 5.45. The number of rotatable bonds is 2. The molecule has 2 aromatic heterocycles. The van der Waals surface area contributed by atoms with Crippen LogP contribution in [0, 0.1) is 6.92 Å². The first-order chi connectivity index (χ1) is 11.2. The van der Waals surface area contributed by atoms with Gasteiger partial charge in [0.2, 0.25) is 0 Å². The topological polar surface area (TPSA) is 65.3 Å². The molecule has 2 aliphatic heterocycles. The number of aromatic nitrogens is 4. The van der Waals surface area contributed by atoms with Crippen LogP contribution in [0.2, 0.25) is 0 Å². The summed E-state index contributed by atoms with van der Waals surface area (Å²) < 4.78 is 12.9. The van der Waals surface area contributed by atoms with Gasteiger partial charge in [0, 0.05) is 20.1 Å². The fourth-order valence-corrected chi connectivity index (χ4v) is 3.17. The zero-order chi connectivity index (χ0) is 15.8. The molecule has 0 unspecified atom stereocenters. The van der Waals surface area contributed by atoms with Crippen LogP contribution >= 0.6 is 0 Å². The molecule has 0 atom stereocenters. The lowest BCUT2D eigenvalue weighted by atomic mass is 10.1. The third-order valence-corrected chi connectivity index (χ3v) is 4.37. The van der Waals surface area contributed by atoms with Gasteiger partial charge in [-0.05, 0) is 18.9 Å². The average molecular weight is 315 g/mol. The second kappa shape index (κ2) is 5.90. The van der Waals surface area contributed by atoms with Crippen molar-refractivity contribution < 1.29 is 9.47 Å². The fourth-order valence-electron chi connectivity index (χ4n) is 3.17. The van der Waals surface area contributed by atoms with Gasteiger partial charge in [-0.25, -0.2) is 15.0 Å². The minimum absolute atomic E-state index is 0.652. The van der Waals surface area contributed by atoms with Crippen molar-refractivity contribution >= 4 is 22.6 Å². The molecule has 0 bridgehead atoms. The Morgan fingerprint density at radius 2 is 1.87 bits per heavy atom. The monoisotopic (exact) mass is 315 g/mol. The van der Waals surface area contributed by atoms with Crippen molar-refractivity contribution in [2.75, 3.05) is 44.4 Å². The molecule has 0 N–H and O–H groups in total. The number of hydrogen-bond acceptors (Lipinski definition) is 6. The number of nitrogens with zero attached hydrogens (tertiary/aromatic N) is 5. The number of fused-ring (bicyclic) bond motifs is 1. The number of hydrogen-bond donors (Lipinski definition) is 0. The Balaban J connectivity index is 1.85. The standard InChI is InChI=1S/C16H21N5O2/c1-11-17-15-13(16(18-11)21-5-9-23-10-6-21)19-14(20(15)2)12-3-7-22-8-4-12/h3H,4-10H2,1-2H3. The maximum Gasteiger partial charge on any atom is 0.165 e. The van der Waals surface area contributed by atoms with E-state index < -0.39 is 0 Å². The normalized spacial score (nSPS) is 19.2. The SMILES string of the molecule is Cc1nc(N2CCOCC2)c2nc(C3=CCOCC3)n(C)c2n1. The van der Waals surface area contributed by atoms with Crippen LogP contribution in [0.15, 0.2) is 6.08 Å². The molecule has 2 aromatic rings. The quantitative estimate of drug-likeness (QED) is 0.832. The molecule has 0 saturated carbocycles. The van der Waals surface area contributed by atoms with E-state index in [1.54, 1.807) is 0 Å². The Bertz CT molecular complexity index is 761. The summed E-state index contributed by atoms with van der Waals surface area (Å²) in [6.45, 7) is 6.47. The van der Waals surface area contributed by atoms with Crippen molar-refractivity contribution in [2.24, 2.45) is 7.05 Å². The Morgan fingerprint density at radius 1 is 1.04 bits per heavy atom.